The van der Waals surface area contributed by atoms with E-state index < -0.39 is 5.97 Å². The summed E-state index contributed by atoms with van der Waals surface area (Å²) < 4.78 is 19.6. The van der Waals surface area contributed by atoms with Crippen LogP contribution in [0.25, 0.3) is 11.0 Å². The van der Waals surface area contributed by atoms with E-state index in [1.807, 2.05) is 42.5 Å². The van der Waals surface area contributed by atoms with Crippen molar-refractivity contribution in [2.24, 2.45) is 0 Å². The van der Waals surface area contributed by atoms with Crippen LogP contribution in [0, 0.1) is 0 Å². The lowest BCUT2D eigenvalue weighted by molar-refractivity contribution is -0.0592. The summed E-state index contributed by atoms with van der Waals surface area (Å²) in [6, 6.07) is 18.9. The lowest BCUT2D eigenvalue weighted by atomic mass is 10.1. The van der Waals surface area contributed by atoms with E-state index in [1.54, 1.807) is 18.2 Å². The van der Waals surface area contributed by atoms with Crippen molar-refractivity contribution in [3.8, 4) is 5.75 Å². The molecule has 0 bridgehead atoms. The Bertz CT molecular complexity index is 1390. The van der Waals surface area contributed by atoms with Crippen LogP contribution in [0.3, 0.4) is 0 Å². The van der Waals surface area contributed by atoms with Crippen molar-refractivity contribution in [1.82, 2.24) is 19.4 Å². The summed E-state index contributed by atoms with van der Waals surface area (Å²) in [6.07, 6.45) is 1.18. The van der Waals surface area contributed by atoms with E-state index in [2.05, 4.69) is 14.4 Å². The predicted octanol–water partition coefficient (Wildman–Crippen LogP) is 4.01. The molecule has 0 radical (unpaired) electrons. The summed E-state index contributed by atoms with van der Waals surface area (Å²) in [5, 5.41) is 9.47. The smallest absolute Gasteiger partial charge is 0.335 e. The van der Waals surface area contributed by atoms with E-state index in [4.69, 9.17) is 18.9 Å². The number of benzene rings is 2. The maximum Gasteiger partial charge on any atom is 0.335 e. The molecule has 198 valence electrons. The summed E-state index contributed by atoms with van der Waals surface area (Å²) in [5.41, 5.74) is 1.97. The van der Waals surface area contributed by atoms with Crippen LogP contribution in [0.5, 0.6) is 5.75 Å². The first-order valence-electron chi connectivity index (χ1n) is 13.1. The molecule has 1 N–H and O–H groups in total. The third-order valence-corrected chi connectivity index (χ3v) is 7.30. The fourth-order valence-corrected chi connectivity index (χ4v) is 5.04. The van der Waals surface area contributed by atoms with Gasteiger partial charge >= 0.3 is 5.97 Å². The average Bonchev–Trinajstić information content (AvgIpc) is 3.50. The molecule has 4 heterocycles. The second kappa shape index (κ2) is 11.0. The molecule has 1 atom stereocenters. The van der Waals surface area contributed by atoms with Gasteiger partial charge in [0.25, 0.3) is 0 Å². The molecule has 2 fully saturated rings. The number of ether oxygens (including phenoxy) is 2. The fraction of sp³-hybridized carbons (Fsp3) is 0.379. The lowest BCUT2D eigenvalue weighted by Gasteiger charge is -2.34. The van der Waals surface area contributed by atoms with Crippen molar-refractivity contribution in [1.29, 1.82) is 0 Å². The van der Waals surface area contributed by atoms with E-state index in [0.29, 0.717) is 13.2 Å². The van der Waals surface area contributed by atoms with Gasteiger partial charge < -0.3 is 23.6 Å². The zero-order valence-corrected chi connectivity index (χ0v) is 21.3. The Kier molecular flexibility index (Phi) is 7.13. The monoisotopic (exact) mass is 516 g/mol. The van der Waals surface area contributed by atoms with Crippen LogP contribution in [0.4, 0.5) is 0 Å². The first kappa shape index (κ1) is 24.7. The van der Waals surface area contributed by atoms with Crippen LogP contribution in [-0.4, -0.2) is 69.3 Å². The van der Waals surface area contributed by atoms with E-state index in [0.717, 1.165) is 86.4 Å². The minimum absolute atomic E-state index is 0.160. The second-order valence-electron chi connectivity index (χ2n) is 9.95. The Morgan fingerprint density at radius 2 is 1.71 bits per heavy atom. The predicted molar refractivity (Wildman–Crippen MR) is 141 cm³/mol. The number of hydrogen-bond acceptors (Lipinski definition) is 7. The SMILES string of the molecule is O=C(O)c1ccc2nc(CN3CCN(Cc4ccc(COc5ccccc5)o4)CC3)n(CC3CCO3)c2c1. The number of furan rings is 1. The van der Waals surface area contributed by atoms with Gasteiger partial charge in [-0.3, -0.25) is 9.80 Å². The molecular formula is C29H32N4O5. The van der Waals surface area contributed by atoms with Gasteiger partial charge in [-0.1, -0.05) is 18.2 Å². The topological polar surface area (TPSA) is 93.2 Å². The summed E-state index contributed by atoms with van der Waals surface area (Å²) in [4.78, 5) is 21.2. The van der Waals surface area contributed by atoms with Crippen LogP contribution < -0.4 is 4.74 Å². The summed E-state index contributed by atoms with van der Waals surface area (Å²) in [6.45, 7) is 7.11. The molecule has 38 heavy (non-hydrogen) atoms. The van der Waals surface area contributed by atoms with Crippen molar-refractivity contribution in [2.45, 2.75) is 38.8 Å². The zero-order valence-electron chi connectivity index (χ0n) is 21.3. The number of aromatic carboxylic acids is 1. The van der Waals surface area contributed by atoms with Gasteiger partial charge in [-0.25, -0.2) is 9.78 Å². The quantitative estimate of drug-likeness (QED) is 0.338. The number of piperazine rings is 1. The number of carboxylic acid groups (broad SMARTS) is 1. The number of hydrogen-bond donors (Lipinski definition) is 1. The molecule has 4 aromatic rings. The number of carbonyl (C=O) groups is 1. The Morgan fingerprint density at radius 1 is 0.974 bits per heavy atom. The van der Waals surface area contributed by atoms with Gasteiger partial charge in [0.1, 0.15) is 29.7 Å². The molecule has 9 heteroatoms. The van der Waals surface area contributed by atoms with Crippen LogP contribution in [0.2, 0.25) is 0 Å². The van der Waals surface area contributed by atoms with Crippen molar-refractivity contribution in [3.63, 3.8) is 0 Å². The number of imidazole rings is 1. The third-order valence-electron chi connectivity index (χ3n) is 7.30. The highest BCUT2D eigenvalue weighted by Gasteiger charge is 2.25. The van der Waals surface area contributed by atoms with Gasteiger partial charge in [0.15, 0.2) is 0 Å². The molecule has 2 aliphatic rings. The average molecular weight is 517 g/mol. The van der Waals surface area contributed by atoms with Crippen molar-refractivity contribution in [2.75, 3.05) is 32.8 Å². The number of rotatable bonds is 10. The highest BCUT2D eigenvalue weighted by Crippen LogP contribution is 2.24. The van der Waals surface area contributed by atoms with Crippen molar-refractivity contribution >= 4 is 17.0 Å². The van der Waals surface area contributed by atoms with Gasteiger partial charge in [-0.05, 0) is 48.9 Å². The van der Waals surface area contributed by atoms with E-state index in [-0.39, 0.29) is 11.7 Å². The van der Waals surface area contributed by atoms with Gasteiger partial charge in [-0.15, -0.1) is 0 Å². The number of nitrogens with zero attached hydrogens (tertiary/aromatic N) is 4. The Balaban J connectivity index is 1.06. The standard InChI is InChI=1S/C29H32N4O5/c34-29(35)21-6-9-26-27(16-21)33(18-23-10-15-36-23)28(30-26)19-32-13-11-31(12-14-32)17-24-7-8-25(38-24)20-37-22-4-2-1-3-5-22/h1-9,16,23H,10-15,17-20H2,(H,34,35). The third kappa shape index (κ3) is 5.60. The van der Waals surface area contributed by atoms with Crippen LogP contribution in [0.15, 0.2) is 65.1 Å². The molecule has 2 saturated heterocycles. The Hall–Kier alpha value is -3.66. The lowest BCUT2D eigenvalue weighted by Crippen LogP contribution is -2.45. The summed E-state index contributed by atoms with van der Waals surface area (Å²) in [5.74, 6) is 2.63. The molecular weight excluding hydrogens is 484 g/mol. The minimum Gasteiger partial charge on any atom is -0.486 e. The first-order chi connectivity index (χ1) is 18.6. The number of para-hydroxylation sites is 1. The molecule has 2 aromatic carbocycles. The molecule has 0 spiro atoms. The largest absolute Gasteiger partial charge is 0.486 e. The first-order valence-corrected chi connectivity index (χ1v) is 13.1. The van der Waals surface area contributed by atoms with Gasteiger partial charge in [0.05, 0.1) is 42.3 Å². The maximum absolute atomic E-state index is 11.5. The van der Waals surface area contributed by atoms with Gasteiger partial charge in [0, 0.05) is 32.8 Å². The van der Waals surface area contributed by atoms with Crippen molar-refractivity contribution < 1.29 is 23.8 Å². The Morgan fingerprint density at radius 3 is 2.42 bits per heavy atom. The van der Waals surface area contributed by atoms with E-state index in [1.165, 1.54) is 0 Å². The number of carboxylic acids is 1. The molecule has 6 rings (SSSR count). The minimum atomic E-state index is -0.926. The highest BCUT2D eigenvalue weighted by atomic mass is 16.5. The molecule has 0 saturated carbocycles. The normalized spacial score (nSPS) is 18.5. The Labute approximate surface area is 221 Å². The van der Waals surface area contributed by atoms with E-state index in [9.17, 15) is 9.90 Å². The molecule has 1 unspecified atom stereocenters. The molecule has 0 aliphatic carbocycles. The molecule has 9 nitrogen and oxygen atoms in total. The second-order valence-corrected chi connectivity index (χ2v) is 9.95. The maximum atomic E-state index is 11.5. The zero-order chi connectivity index (χ0) is 25.9. The van der Waals surface area contributed by atoms with Gasteiger partial charge in [0.2, 0.25) is 0 Å². The fourth-order valence-electron chi connectivity index (χ4n) is 5.04. The van der Waals surface area contributed by atoms with Crippen LogP contribution >= 0.6 is 0 Å². The van der Waals surface area contributed by atoms with Gasteiger partial charge in [-0.2, -0.15) is 0 Å². The van der Waals surface area contributed by atoms with E-state index >= 15 is 0 Å². The van der Waals surface area contributed by atoms with Crippen LogP contribution in [0.1, 0.15) is 34.1 Å². The van der Waals surface area contributed by atoms with Crippen LogP contribution in [-0.2, 0) is 31.0 Å². The summed E-state index contributed by atoms with van der Waals surface area (Å²) >= 11 is 0. The molecule has 0 amide bonds. The van der Waals surface area contributed by atoms with Crippen molar-refractivity contribution in [3.05, 3.63) is 83.6 Å². The summed E-state index contributed by atoms with van der Waals surface area (Å²) in [7, 11) is 0. The number of aromatic nitrogens is 2. The highest BCUT2D eigenvalue weighted by molar-refractivity contribution is 5.92. The molecule has 2 aliphatic heterocycles. The number of fused-ring (bicyclic) bond motifs is 1. The molecule has 2 aromatic heterocycles.